The molecule has 1 aliphatic heterocycles. The normalized spacial score (nSPS) is 15.3. The van der Waals surface area contributed by atoms with E-state index in [4.69, 9.17) is 4.42 Å². The predicted molar refractivity (Wildman–Crippen MR) is 107 cm³/mol. The van der Waals surface area contributed by atoms with Crippen LogP contribution in [-0.4, -0.2) is 35.8 Å². The van der Waals surface area contributed by atoms with Gasteiger partial charge in [-0.15, -0.1) is 10.2 Å². The number of fused-ring (bicyclic) bond motifs is 2. The Hall–Kier alpha value is -3.69. The van der Waals surface area contributed by atoms with E-state index in [1.165, 1.54) is 12.5 Å². The first-order chi connectivity index (χ1) is 14.4. The van der Waals surface area contributed by atoms with Gasteiger partial charge in [-0.1, -0.05) is 13.8 Å². The first-order valence-corrected chi connectivity index (χ1v) is 9.60. The highest BCUT2D eigenvalue weighted by Gasteiger charge is 2.23. The Kier molecular flexibility index (Phi) is 4.09. The average Bonchev–Trinajstić information content (AvgIpc) is 3.40. The fraction of sp³-hybridized carbons (Fsp3) is 0.300. The summed E-state index contributed by atoms with van der Waals surface area (Å²) < 4.78 is 22.4. The summed E-state index contributed by atoms with van der Waals surface area (Å²) in [6.45, 7) is 7.73. The Morgan fingerprint density at radius 1 is 1.23 bits per heavy atom. The number of aryl methyl sites for hydroxylation is 1. The van der Waals surface area contributed by atoms with Crippen molar-refractivity contribution in [3.05, 3.63) is 46.7 Å². The van der Waals surface area contributed by atoms with Gasteiger partial charge in [0, 0.05) is 13.1 Å². The van der Waals surface area contributed by atoms with Gasteiger partial charge in [-0.05, 0) is 24.5 Å². The highest BCUT2D eigenvalue weighted by atomic mass is 19.1. The van der Waals surface area contributed by atoms with Gasteiger partial charge < -0.3 is 9.73 Å². The number of rotatable bonds is 4. The van der Waals surface area contributed by atoms with Crippen LogP contribution in [-0.2, 0) is 0 Å². The fourth-order valence-corrected chi connectivity index (χ4v) is 3.72. The van der Waals surface area contributed by atoms with E-state index in [2.05, 4.69) is 35.6 Å². The van der Waals surface area contributed by atoms with Crippen LogP contribution in [0.1, 0.15) is 38.1 Å². The maximum absolute atomic E-state index is 15.1. The molecular formula is C20H19FN8O. The van der Waals surface area contributed by atoms with Crippen molar-refractivity contribution in [1.82, 2.24) is 29.8 Å². The fourth-order valence-electron chi connectivity index (χ4n) is 3.72. The second-order valence-corrected chi connectivity index (χ2v) is 7.52. The molecule has 0 aliphatic carbocycles. The van der Waals surface area contributed by atoms with Crippen LogP contribution < -0.4 is 16.0 Å². The number of halogens is 1. The number of nitrogens with zero attached hydrogens (tertiary/aromatic N) is 7. The number of nitrogens with one attached hydrogen (secondary N) is 1. The molecule has 1 atom stereocenters. The summed E-state index contributed by atoms with van der Waals surface area (Å²) in [4.78, 5) is 12.9. The van der Waals surface area contributed by atoms with Gasteiger partial charge in [0.15, 0.2) is 17.1 Å². The summed E-state index contributed by atoms with van der Waals surface area (Å²) in [6.07, 6.45) is 6.41. The molecule has 4 aromatic heterocycles. The van der Waals surface area contributed by atoms with Gasteiger partial charge in [-0.25, -0.2) is 18.9 Å². The molecule has 9 nitrogen and oxygen atoms in total. The zero-order valence-electron chi connectivity index (χ0n) is 16.9. The van der Waals surface area contributed by atoms with Crippen molar-refractivity contribution in [1.29, 1.82) is 0 Å². The smallest absolute Gasteiger partial charge is 0.249 e. The van der Waals surface area contributed by atoms with E-state index in [1.54, 1.807) is 17.5 Å². The van der Waals surface area contributed by atoms with Crippen molar-refractivity contribution < 1.29 is 8.81 Å². The maximum Gasteiger partial charge on any atom is 0.249 e. The summed E-state index contributed by atoms with van der Waals surface area (Å²) in [6, 6.07) is -0.0957. The van der Waals surface area contributed by atoms with Crippen LogP contribution in [0.5, 0.6) is 0 Å². The molecule has 30 heavy (non-hydrogen) atoms. The number of hydrogen-bond donors (Lipinski definition) is 1. The highest BCUT2D eigenvalue weighted by molar-refractivity contribution is 5.83. The van der Waals surface area contributed by atoms with Crippen LogP contribution in [0.25, 0.3) is 23.0 Å². The van der Waals surface area contributed by atoms with Crippen molar-refractivity contribution in [3.8, 4) is 11.5 Å². The summed E-state index contributed by atoms with van der Waals surface area (Å²) in [5.41, 5.74) is 3.04. The highest BCUT2D eigenvalue weighted by Crippen LogP contribution is 2.36. The number of anilines is 2. The molecule has 0 fully saturated rings. The topological polar surface area (TPSA) is 106 Å². The van der Waals surface area contributed by atoms with Gasteiger partial charge >= 0.3 is 0 Å². The Labute approximate surface area is 170 Å². The molecule has 0 amide bonds. The van der Waals surface area contributed by atoms with E-state index >= 15 is 4.39 Å². The maximum atomic E-state index is 15.1. The summed E-state index contributed by atoms with van der Waals surface area (Å²) in [5, 5.41) is 15.9. The second-order valence-electron chi connectivity index (χ2n) is 7.52. The van der Waals surface area contributed by atoms with Crippen LogP contribution in [0.2, 0.25) is 0 Å². The number of aromatic nitrogens is 6. The minimum Gasteiger partial charge on any atom is -0.421 e. The predicted octanol–water partition coefficient (Wildman–Crippen LogP) is 2.29. The third kappa shape index (κ3) is 2.83. The van der Waals surface area contributed by atoms with Crippen LogP contribution in [0.15, 0.2) is 28.1 Å². The third-order valence-electron chi connectivity index (χ3n) is 4.96. The van der Waals surface area contributed by atoms with E-state index in [0.717, 1.165) is 11.1 Å². The molecule has 0 bridgehead atoms. The van der Waals surface area contributed by atoms with Crippen molar-refractivity contribution in [2.24, 2.45) is 4.99 Å². The van der Waals surface area contributed by atoms with Crippen molar-refractivity contribution >= 4 is 23.1 Å². The third-order valence-corrected chi connectivity index (χ3v) is 4.96. The van der Waals surface area contributed by atoms with Gasteiger partial charge in [0.1, 0.15) is 11.8 Å². The lowest BCUT2D eigenvalue weighted by Gasteiger charge is -2.11. The van der Waals surface area contributed by atoms with Crippen LogP contribution in [0.4, 0.5) is 15.9 Å². The SMILES string of the molecule is Cc1nnc(-c2cn3ncnc(Nc4cnc5c(c4F)=CC(C)N=5)c3c2C(C)C)o1. The van der Waals surface area contributed by atoms with E-state index in [1.807, 2.05) is 27.0 Å². The molecule has 5 rings (SSSR count). The molecule has 1 unspecified atom stereocenters. The van der Waals surface area contributed by atoms with E-state index in [0.29, 0.717) is 33.8 Å². The molecule has 1 N–H and O–H groups in total. The Balaban J connectivity index is 1.68. The molecule has 0 aromatic carbocycles. The molecule has 0 saturated heterocycles. The minimum absolute atomic E-state index is 0.0957. The largest absolute Gasteiger partial charge is 0.421 e. The van der Waals surface area contributed by atoms with E-state index < -0.39 is 5.82 Å². The Bertz CT molecular complexity index is 1400. The van der Waals surface area contributed by atoms with Crippen molar-refractivity contribution in [2.75, 3.05) is 5.32 Å². The standard InChI is InChI=1S/C20H19FN8O/c1-9(2)15-13(20-28-27-11(4)30-20)7-29-17(15)19(23-8-24-29)26-14-6-22-18-12(16(14)21)5-10(3)25-18/h5-10H,1-4H3,(H,23,24,26). The zero-order valence-corrected chi connectivity index (χ0v) is 16.9. The summed E-state index contributed by atoms with van der Waals surface area (Å²) in [7, 11) is 0. The number of hydrogen-bond acceptors (Lipinski definition) is 8. The minimum atomic E-state index is -0.407. The molecule has 5 heterocycles. The molecule has 152 valence electrons. The lowest BCUT2D eigenvalue weighted by Crippen LogP contribution is -2.29. The van der Waals surface area contributed by atoms with E-state index in [-0.39, 0.29) is 17.6 Å². The van der Waals surface area contributed by atoms with Gasteiger partial charge in [-0.3, -0.25) is 4.99 Å². The number of pyridine rings is 1. The average molecular weight is 406 g/mol. The van der Waals surface area contributed by atoms with Crippen LogP contribution in [0.3, 0.4) is 0 Å². The molecular weight excluding hydrogens is 387 g/mol. The van der Waals surface area contributed by atoms with Gasteiger partial charge in [0.2, 0.25) is 11.8 Å². The van der Waals surface area contributed by atoms with Gasteiger partial charge in [0.25, 0.3) is 0 Å². The van der Waals surface area contributed by atoms with Gasteiger partial charge in [-0.2, -0.15) is 5.10 Å². The van der Waals surface area contributed by atoms with Crippen molar-refractivity contribution in [2.45, 2.75) is 39.7 Å². The quantitative estimate of drug-likeness (QED) is 0.554. The van der Waals surface area contributed by atoms with Crippen LogP contribution >= 0.6 is 0 Å². The molecule has 4 aromatic rings. The molecule has 10 heteroatoms. The van der Waals surface area contributed by atoms with Crippen LogP contribution in [0, 0.1) is 12.7 Å². The lowest BCUT2D eigenvalue weighted by atomic mass is 10.00. The lowest BCUT2D eigenvalue weighted by molar-refractivity contribution is 0.532. The monoisotopic (exact) mass is 406 g/mol. The molecule has 0 saturated carbocycles. The first-order valence-electron chi connectivity index (χ1n) is 9.60. The summed E-state index contributed by atoms with van der Waals surface area (Å²) in [5.74, 6) is 1.03. The second kappa shape index (κ2) is 6.68. The van der Waals surface area contributed by atoms with E-state index in [9.17, 15) is 0 Å². The Morgan fingerprint density at radius 2 is 2.07 bits per heavy atom. The molecule has 0 spiro atoms. The summed E-state index contributed by atoms with van der Waals surface area (Å²) >= 11 is 0. The first kappa shape index (κ1) is 18.3. The zero-order chi connectivity index (χ0) is 21.0. The molecule has 0 radical (unpaired) electrons. The molecule has 1 aliphatic rings. The van der Waals surface area contributed by atoms with Gasteiger partial charge in [0.05, 0.1) is 28.7 Å². The Morgan fingerprint density at radius 3 is 2.80 bits per heavy atom. The van der Waals surface area contributed by atoms with Crippen molar-refractivity contribution in [3.63, 3.8) is 0 Å².